The fourth-order valence-corrected chi connectivity index (χ4v) is 3.54. The standard InChI is InChI=1S/C23H24N6O2/c1-3-28-22-21(16(2)27-29(22)18-9-5-4-6-10-18)26-19(23(28)31)11-12-20(30)25-15-17-8-7-13-24-14-17/h4-10,13-14H,3,11-12,15H2,1-2H3,(H,25,30). The van der Waals surface area contributed by atoms with E-state index in [0.717, 1.165) is 16.9 Å². The number of aromatic nitrogens is 5. The van der Waals surface area contributed by atoms with E-state index in [1.807, 2.05) is 56.3 Å². The molecule has 31 heavy (non-hydrogen) atoms. The van der Waals surface area contributed by atoms with E-state index in [1.54, 1.807) is 21.6 Å². The number of para-hydroxylation sites is 1. The third kappa shape index (κ3) is 4.23. The van der Waals surface area contributed by atoms with E-state index in [2.05, 4.69) is 20.4 Å². The highest BCUT2D eigenvalue weighted by atomic mass is 16.1. The van der Waals surface area contributed by atoms with E-state index < -0.39 is 0 Å². The van der Waals surface area contributed by atoms with Gasteiger partial charge >= 0.3 is 0 Å². The summed E-state index contributed by atoms with van der Waals surface area (Å²) in [7, 11) is 0. The van der Waals surface area contributed by atoms with Crippen LogP contribution < -0.4 is 10.9 Å². The number of pyridine rings is 1. The fraction of sp³-hybridized carbons (Fsp3) is 0.261. The highest BCUT2D eigenvalue weighted by Crippen LogP contribution is 2.19. The van der Waals surface area contributed by atoms with Crippen molar-refractivity contribution in [2.45, 2.75) is 39.8 Å². The Morgan fingerprint density at radius 3 is 2.65 bits per heavy atom. The minimum atomic E-state index is -0.188. The highest BCUT2D eigenvalue weighted by molar-refractivity contribution is 5.77. The Hall–Kier alpha value is -3.81. The lowest BCUT2D eigenvalue weighted by Crippen LogP contribution is -2.28. The number of hydrogen-bond donors (Lipinski definition) is 1. The van der Waals surface area contributed by atoms with Crippen LogP contribution in [-0.2, 0) is 24.3 Å². The number of nitrogens with zero attached hydrogens (tertiary/aromatic N) is 5. The van der Waals surface area contributed by atoms with Crippen molar-refractivity contribution in [1.82, 2.24) is 29.6 Å². The lowest BCUT2D eigenvalue weighted by molar-refractivity contribution is -0.121. The Morgan fingerprint density at radius 2 is 1.94 bits per heavy atom. The second-order valence-electron chi connectivity index (χ2n) is 7.25. The number of aryl methyl sites for hydroxylation is 3. The van der Waals surface area contributed by atoms with Crippen molar-refractivity contribution in [3.63, 3.8) is 0 Å². The largest absolute Gasteiger partial charge is 0.352 e. The molecule has 0 saturated carbocycles. The van der Waals surface area contributed by atoms with Gasteiger partial charge in [0.15, 0.2) is 5.65 Å². The normalized spacial score (nSPS) is 11.0. The van der Waals surface area contributed by atoms with Crippen molar-refractivity contribution in [2.24, 2.45) is 0 Å². The van der Waals surface area contributed by atoms with Gasteiger partial charge in [0.25, 0.3) is 5.56 Å². The van der Waals surface area contributed by atoms with Crippen molar-refractivity contribution >= 4 is 17.1 Å². The second kappa shape index (κ2) is 8.91. The topological polar surface area (TPSA) is 94.7 Å². The van der Waals surface area contributed by atoms with Crippen LogP contribution in [-0.4, -0.2) is 30.2 Å². The third-order valence-corrected chi connectivity index (χ3v) is 5.12. The van der Waals surface area contributed by atoms with Gasteiger partial charge in [0.1, 0.15) is 11.2 Å². The predicted molar refractivity (Wildman–Crippen MR) is 118 cm³/mol. The van der Waals surface area contributed by atoms with Crippen LogP contribution >= 0.6 is 0 Å². The van der Waals surface area contributed by atoms with Crippen LogP contribution in [0.1, 0.15) is 30.3 Å². The molecule has 158 valence electrons. The number of nitrogens with one attached hydrogen (secondary N) is 1. The first-order valence-corrected chi connectivity index (χ1v) is 10.3. The highest BCUT2D eigenvalue weighted by Gasteiger charge is 2.19. The minimum absolute atomic E-state index is 0.134. The van der Waals surface area contributed by atoms with Crippen LogP contribution in [0.2, 0.25) is 0 Å². The molecule has 0 bridgehead atoms. The van der Waals surface area contributed by atoms with Crippen LogP contribution in [0.5, 0.6) is 0 Å². The van der Waals surface area contributed by atoms with Crippen molar-refractivity contribution in [3.05, 3.63) is 82.2 Å². The summed E-state index contributed by atoms with van der Waals surface area (Å²) < 4.78 is 3.44. The van der Waals surface area contributed by atoms with E-state index in [9.17, 15) is 9.59 Å². The Labute approximate surface area is 179 Å². The predicted octanol–water partition coefficient (Wildman–Crippen LogP) is 2.55. The number of fused-ring (bicyclic) bond motifs is 1. The summed E-state index contributed by atoms with van der Waals surface area (Å²) in [6.45, 7) is 4.68. The SMILES string of the molecule is CCn1c(=O)c(CCC(=O)NCc2cccnc2)nc2c(C)nn(-c3ccccc3)c21. The molecule has 0 fully saturated rings. The second-order valence-corrected chi connectivity index (χ2v) is 7.25. The van der Waals surface area contributed by atoms with E-state index in [0.29, 0.717) is 29.9 Å². The van der Waals surface area contributed by atoms with Crippen LogP contribution in [0.15, 0.2) is 59.7 Å². The van der Waals surface area contributed by atoms with Crippen molar-refractivity contribution < 1.29 is 4.79 Å². The summed E-state index contributed by atoms with van der Waals surface area (Å²) in [4.78, 5) is 34.1. The van der Waals surface area contributed by atoms with E-state index in [1.165, 1.54) is 0 Å². The van der Waals surface area contributed by atoms with Crippen molar-refractivity contribution in [2.75, 3.05) is 0 Å². The molecule has 0 aliphatic heterocycles. The molecule has 1 aromatic carbocycles. The number of carbonyl (C=O) groups excluding carboxylic acids is 1. The molecular weight excluding hydrogens is 392 g/mol. The van der Waals surface area contributed by atoms with Gasteiger partial charge in [-0.1, -0.05) is 24.3 Å². The Balaban J connectivity index is 1.59. The number of benzene rings is 1. The first kappa shape index (κ1) is 20.5. The van der Waals surface area contributed by atoms with Gasteiger partial charge in [-0.3, -0.25) is 19.1 Å². The van der Waals surface area contributed by atoms with Crippen LogP contribution in [0.4, 0.5) is 0 Å². The van der Waals surface area contributed by atoms with Gasteiger partial charge in [-0.2, -0.15) is 5.10 Å². The van der Waals surface area contributed by atoms with Crippen molar-refractivity contribution in [3.8, 4) is 5.69 Å². The van der Waals surface area contributed by atoms with Gasteiger partial charge < -0.3 is 5.32 Å². The molecular formula is C23H24N6O2. The molecule has 0 unspecified atom stereocenters. The maximum absolute atomic E-state index is 13.1. The molecule has 3 heterocycles. The smallest absolute Gasteiger partial charge is 0.273 e. The van der Waals surface area contributed by atoms with Gasteiger partial charge in [0, 0.05) is 38.3 Å². The van der Waals surface area contributed by atoms with Gasteiger partial charge in [-0.05, 0) is 37.6 Å². The molecule has 4 rings (SSSR count). The molecule has 1 amide bonds. The molecule has 0 atom stereocenters. The molecule has 0 saturated heterocycles. The molecule has 4 aromatic rings. The summed E-state index contributed by atoms with van der Waals surface area (Å²) in [5.41, 5.74) is 4.06. The minimum Gasteiger partial charge on any atom is -0.352 e. The maximum atomic E-state index is 13.1. The van der Waals surface area contributed by atoms with Crippen LogP contribution in [0.25, 0.3) is 16.9 Å². The Morgan fingerprint density at radius 1 is 1.13 bits per heavy atom. The average Bonchev–Trinajstić information content (AvgIpc) is 3.13. The molecule has 0 aliphatic rings. The Kier molecular flexibility index (Phi) is 5.88. The number of carbonyl (C=O) groups is 1. The first-order valence-electron chi connectivity index (χ1n) is 10.3. The van der Waals surface area contributed by atoms with Crippen molar-refractivity contribution in [1.29, 1.82) is 0 Å². The van der Waals surface area contributed by atoms with Gasteiger partial charge in [0.05, 0.1) is 11.4 Å². The zero-order valence-electron chi connectivity index (χ0n) is 17.6. The first-order chi connectivity index (χ1) is 15.1. The molecule has 8 heteroatoms. The molecule has 8 nitrogen and oxygen atoms in total. The van der Waals surface area contributed by atoms with Crippen LogP contribution in [0, 0.1) is 6.92 Å². The molecule has 0 spiro atoms. The molecule has 3 aromatic heterocycles. The van der Waals surface area contributed by atoms with E-state index in [-0.39, 0.29) is 24.3 Å². The zero-order chi connectivity index (χ0) is 21.8. The molecule has 0 radical (unpaired) electrons. The lowest BCUT2D eigenvalue weighted by Gasteiger charge is -2.11. The number of hydrogen-bond acceptors (Lipinski definition) is 5. The fourth-order valence-electron chi connectivity index (χ4n) is 3.54. The summed E-state index contributed by atoms with van der Waals surface area (Å²) in [6, 6.07) is 13.4. The van der Waals surface area contributed by atoms with E-state index >= 15 is 0 Å². The molecule has 0 aliphatic carbocycles. The van der Waals surface area contributed by atoms with Gasteiger partial charge in [-0.15, -0.1) is 0 Å². The summed E-state index contributed by atoms with van der Waals surface area (Å²) >= 11 is 0. The summed E-state index contributed by atoms with van der Waals surface area (Å²) in [6.07, 6.45) is 3.85. The summed E-state index contributed by atoms with van der Waals surface area (Å²) in [5, 5.41) is 7.48. The average molecular weight is 416 g/mol. The molecule has 1 N–H and O–H groups in total. The van der Waals surface area contributed by atoms with Gasteiger partial charge in [-0.25, -0.2) is 9.67 Å². The zero-order valence-corrected chi connectivity index (χ0v) is 17.6. The Bertz CT molecular complexity index is 1260. The lowest BCUT2D eigenvalue weighted by atomic mass is 10.2. The third-order valence-electron chi connectivity index (χ3n) is 5.12. The van der Waals surface area contributed by atoms with Crippen LogP contribution in [0.3, 0.4) is 0 Å². The monoisotopic (exact) mass is 416 g/mol. The number of rotatable bonds is 7. The maximum Gasteiger partial charge on any atom is 0.273 e. The van der Waals surface area contributed by atoms with Gasteiger partial charge in [0.2, 0.25) is 5.91 Å². The van der Waals surface area contributed by atoms with E-state index in [4.69, 9.17) is 0 Å². The number of amides is 1. The summed E-state index contributed by atoms with van der Waals surface area (Å²) in [5.74, 6) is -0.134. The quantitative estimate of drug-likeness (QED) is 0.500.